The monoisotopic (exact) mass is 618 g/mol. The summed E-state index contributed by atoms with van der Waals surface area (Å²) in [5, 5.41) is 42.6. The molecule has 0 aliphatic heterocycles. The number of aliphatic hydroxyl groups is 1. The van der Waals surface area contributed by atoms with Crippen LogP contribution in [0, 0.1) is 0 Å². The first-order valence-corrected chi connectivity index (χ1v) is 10.0. The minimum Gasteiger partial charge on any atom is -0.747 e. The van der Waals surface area contributed by atoms with E-state index in [1.54, 1.807) is 0 Å². The first kappa shape index (κ1) is 63.0. The molecule has 0 aliphatic carbocycles. The number of aliphatic carboxylic acids is 4. The molecule has 0 aromatic heterocycles. The average molecular weight is 618 g/mol. The van der Waals surface area contributed by atoms with Crippen molar-refractivity contribution in [2.24, 2.45) is 11.5 Å². The van der Waals surface area contributed by atoms with Gasteiger partial charge in [-0.3, -0.25) is 0 Å². The van der Waals surface area contributed by atoms with Gasteiger partial charge in [0.2, 0.25) is 0 Å². The van der Waals surface area contributed by atoms with E-state index in [1.165, 1.54) is 0 Å². The summed E-state index contributed by atoms with van der Waals surface area (Å²) in [5.74, 6) is -8.37. The number of carbonyl (C=O) groups excluding carboxylic acids is 4. The molecule has 17 nitrogen and oxygen atoms in total. The van der Waals surface area contributed by atoms with Crippen LogP contribution in [0.3, 0.4) is 0 Å². The molecular weight excluding hydrogens is 602 g/mol. The minimum atomic E-state index is -5.19. The first-order chi connectivity index (χ1) is 13.3. The van der Waals surface area contributed by atoms with Gasteiger partial charge in [0.05, 0.1) is 28.5 Å². The van der Waals surface area contributed by atoms with Crippen LogP contribution in [0.4, 0.5) is 0 Å². The van der Waals surface area contributed by atoms with Gasteiger partial charge in [0.15, 0.2) is 0 Å². The molecule has 5 N–H and O–H groups in total. The zero-order valence-electron chi connectivity index (χ0n) is 20.7. The maximum atomic E-state index is 10.0. The van der Waals surface area contributed by atoms with E-state index in [0.29, 0.717) is 0 Å². The third-order valence-corrected chi connectivity index (χ3v) is 4.58. The van der Waals surface area contributed by atoms with E-state index in [9.17, 15) is 65.5 Å². The van der Waals surface area contributed by atoms with Gasteiger partial charge in [-0.1, -0.05) is 0 Å². The van der Waals surface area contributed by atoms with E-state index in [1.807, 2.05) is 0 Å². The number of rotatable bonds is 10. The summed E-state index contributed by atoms with van der Waals surface area (Å²) in [6.45, 7) is 0.521. The molecule has 0 heterocycles. The topological polar surface area (TPSA) is 347 Å². The summed E-state index contributed by atoms with van der Waals surface area (Å²) in [5.41, 5.74) is 9.91. The molecule has 178 valence electrons. The molecule has 0 aromatic rings. The second kappa shape index (κ2) is 33.1. The molecule has 0 spiro atoms. The standard InChI is InChI=1S/2C4H6O7S.C3H10N2O.6Na/c2*5-3(6)1-2(4(7)8)12(9,10)11;4-1-3(6)2-5;;;;;;/h2*2H,1H2,(H,5,6)(H,7,8)(H,9,10,11);3,6H,1-2,4-5H2;;;;;;/q;;;6*+1/p-6. The van der Waals surface area contributed by atoms with E-state index < -0.39 is 73.6 Å². The molecule has 0 amide bonds. The van der Waals surface area contributed by atoms with Crippen molar-refractivity contribution in [1.29, 1.82) is 0 Å². The van der Waals surface area contributed by atoms with Gasteiger partial charge in [0, 0.05) is 37.9 Å². The Labute approximate surface area is 339 Å². The maximum absolute atomic E-state index is 10.0. The van der Waals surface area contributed by atoms with Crippen molar-refractivity contribution in [1.82, 2.24) is 0 Å². The fourth-order valence-electron chi connectivity index (χ4n) is 1.01. The van der Waals surface area contributed by atoms with Gasteiger partial charge in [-0.2, -0.15) is 0 Å². The molecule has 2 unspecified atom stereocenters. The number of hydrogen-bond acceptors (Lipinski definition) is 17. The molecule has 0 aliphatic rings. The smallest absolute Gasteiger partial charge is 0.747 e. The van der Waals surface area contributed by atoms with Gasteiger partial charge in [0.1, 0.15) is 20.2 Å². The van der Waals surface area contributed by atoms with Crippen LogP contribution in [-0.2, 0) is 39.4 Å². The summed E-state index contributed by atoms with van der Waals surface area (Å²) >= 11 is 0. The largest absolute Gasteiger partial charge is 1.00 e. The van der Waals surface area contributed by atoms with Gasteiger partial charge in [0.25, 0.3) is 0 Å². The van der Waals surface area contributed by atoms with E-state index in [2.05, 4.69) is 0 Å². The third-order valence-electron chi connectivity index (χ3n) is 2.47. The Kier molecular flexibility index (Phi) is 57.9. The number of nitrogens with two attached hydrogens (primary N) is 2. The molecule has 0 saturated carbocycles. The third kappa shape index (κ3) is 39.7. The predicted octanol–water partition coefficient (Wildman–Crippen LogP) is -28.1. The van der Waals surface area contributed by atoms with Crippen LogP contribution in [-0.4, -0.2) is 84.6 Å². The van der Waals surface area contributed by atoms with Gasteiger partial charge >= 0.3 is 177 Å². The molecule has 0 fully saturated rings. The van der Waals surface area contributed by atoms with E-state index in [0.717, 1.165) is 0 Å². The van der Waals surface area contributed by atoms with Crippen molar-refractivity contribution < 1.29 is 248 Å². The fraction of sp³-hybridized carbons (Fsp3) is 0.636. The Morgan fingerprint density at radius 2 is 0.806 bits per heavy atom. The summed E-state index contributed by atoms with van der Waals surface area (Å²) in [4.78, 5) is 39.3. The van der Waals surface area contributed by atoms with Crippen molar-refractivity contribution in [3.05, 3.63) is 0 Å². The molecule has 2 atom stereocenters. The fourth-order valence-corrected chi connectivity index (χ4v) is 2.16. The minimum absolute atomic E-state index is 0. The Hall–Kier alpha value is 3.58. The van der Waals surface area contributed by atoms with Gasteiger partial charge < -0.3 is 65.3 Å². The van der Waals surface area contributed by atoms with E-state index in [4.69, 9.17) is 16.6 Å². The molecule has 0 rings (SSSR count). The normalized spacial score (nSPS) is 10.8. The van der Waals surface area contributed by atoms with Crippen LogP contribution >= 0.6 is 0 Å². The molecule has 0 aromatic carbocycles. The zero-order valence-corrected chi connectivity index (χ0v) is 34.3. The van der Waals surface area contributed by atoms with Gasteiger partial charge in [-0.05, 0) is 0 Å². The van der Waals surface area contributed by atoms with Gasteiger partial charge in [-0.25, -0.2) is 16.8 Å². The number of carboxylic acids is 4. The quantitative estimate of drug-likeness (QED) is 0.151. The maximum Gasteiger partial charge on any atom is 1.00 e. The summed E-state index contributed by atoms with van der Waals surface area (Å²) in [6.07, 6.45) is -3.30. The van der Waals surface area contributed by atoms with Crippen molar-refractivity contribution in [2.45, 2.75) is 29.4 Å². The Morgan fingerprint density at radius 3 is 0.833 bits per heavy atom. The summed E-state index contributed by atoms with van der Waals surface area (Å²) < 4.78 is 60.2. The number of carboxylic acid groups (broad SMARTS) is 4. The Bertz CT molecular complexity index is 749. The summed E-state index contributed by atoms with van der Waals surface area (Å²) in [7, 11) is -10.4. The van der Waals surface area contributed by atoms with Crippen LogP contribution in [0.25, 0.3) is 0 Å². The summed E-state index contributed by atoms with van der Waals surface area (Å²) in [6, 6.07) is 0. The van der Waals surface area contributed by atoms with Crippen LogP contribution < -0.4 is 209 Å². The number of aliphatic hydroxyl groups excluding tert-OH is 1. The molecule has 25 heteroatoms. The Balaban J connectivity index is -0.0000000418. The van der Waals surface area contributed by atoms with Crippen LogP contribution in [0.5, 0.6) is 0 Å². The first-order valence-electron chi connectivity index (χ1n) is 7.10. The van der Waals surface area contributed by atoms with Crippen molar-refractivity contribution in [3.63, 3.8) is 0 Å². The molecular formula is C11H16N2Na6O15S2. The molecule has 0 saturated heterocycles. The van der Waals surface area contributed by atoms with E-state index in [-0.39, 0.29) is 190 Å². The van der Waals surface area contributed by atoms with Crippen LogP contribution in [0.2, 0.25) is 0 Å². The second-order valence-corrected chi connectivity index (χ2v) is 7.99. The molecule has 36 heavy (non-hydrogen) atoms. The van der Waals surface area contributed by atoms with Gasteiger partial charge in [-0.15, -0.1) is 0 Å². The number of hydrogen-bond donors (Lipinski definition) is 3. The Morgan fingerprint density at radius 1 is 0.611 bits per heavy atom. The van der Waals surface area contributed by atoms with Crippen molar-refractivity contribution in [2.75, 3.05) is 13.1 Å². The average Bonchev–Trinajstić information content (AvgIpc) is 2.55. The second-order valence-electron chi connectivity index (χ2n) is 4.88. The number of carbonyl (C=O) groups is 4. The molecule has 0 radical (unpaired) electrons. The molecule has 0 bridgehead atoms. The van der Waals surface area contributed by atoms with Crippen LogP contribution in [0.1, 0.15) is 12.8 Å². The van der Waals surface area contributed by atoms with Crippen LogP contribution in [0.15, 0.2) is 0 Å². The SMILES string of the molecule is NCC(O)CN.O=C([O-])CC(C(=O)[O-])S(=O)(=O)[O-].O=C([O-])CC(C(=O)[O-])S(=O)(=O)[O-].[Na+].[Na+].[Na+].[Na+].[Na+].[Na+]. The van der Waals surface area contributed by atoms with E-state index >= 15 is 0 Å². The zero-order chi connectivity index (χ0) is 24.9. The predicted molar refractivity (Wildman–Crippen MR) is 80.3 cm³/mol. The van der Waals surface area contributed by atoms with Crippen molar-refractivity contribution in [3.8, 4) is 0 Å². The van der Waals surface area contributed by atoms with Crippen molar-refractivity contribution >= 4 is 44.1 Å².